The van der Waals surface area contributed by atoms with Crippen molar-refractivity contribution < 1.29 is 19.7 Å². The number of aliphatic hydroxyl groups is 2. The highest BCUT2D eigenvalue weighted by Gasteiger charge is 2.03. The van der Waals surface area contributed by atoms with Gasteiger partial charge in [0.2, 0.25) is 0 Å². The van der Waals surface area contributed by atoms with Crippen LogP contribution in [0.3, 0.4) is 0 Å². The fraction of sp³-hybridized carbons (Fsp3) is 0.875. The molecule has 0 aliphatic rings. The summed E-state index contributed by atoms with van der Waals surface area (Å²) in [5, 5.41) is 17.2. The van der Waals surface area contributed by atoms with Crippen LogP contribution in [0.25, 0.3) is 0 Å². The first-order valence-electron chi connectivity index (χ1n) is 4.11. The zero-order chi connectivity index (χ0) is 9.40. The molecule has 0 bridgehead atoms. The number of esters is 1. The molecule has 0 amide bonds. The Labute approximate surface area is 72.2 Å². The standard InChI is InChI=1S/C8H16O4/c1-7(10)3-2-4-8(11)12-6-5-9/h7,9-10H,2-6H2,1H3. The first-order valence-corrected chi connectivity index (χ1v) is 4.11. The Balaban J connectivity index is 3.20. The number of aliphatic hydroxyl groups excluding tert-OH is 2. The largest absolute Gasteiger partial charge is 0.463 e. The molecule has 0 aliphatic heterocycles. The monoisotopic (exact) mass is 176 g/mol. The van der Waals surface area contributed by atoms with Crippen LogP contribution >= 0.6 is 0 Å². The van der Waals surface area contributed by atoms with Gasteiger partial charge in [-0.3, -0.25) is 4.79 Å². The van der Waals surface area contributed by atoms with Gasteiger partial charge in [0.15, 0.2) is 0 Å². The molecular formula is C8H16O4. The minimum absolute atomic E-state index is 0.0630. The second-order valence-corrected chi connectivity index (χ2v) is 2.69. The molecule has 1 atom stereocenters. The normalized spacial score (nSPS) is 12.6. The number of hydrogen-bond acceptors (Lipinski definition) is 4. The maximum Gasteiger partial charge on any atom is 0.305 e. The van der Waals surface area contributed by atoms with Crippen molar-refractivity contribution in [3.05, 3.63) is 0 Å². The molecule has 0 saturated heterocycles. The summed E-state index contributed by atoms with van der Waals surface area (Å²) in [6.07, 6.45) is 1.18. The fourth-order valence-electron chi connectivity index (χ4n) is 0.773. The highest BCUT2D eigenvalue weighted by molar-refractivity contribution is 5.69. The molecule has 0 fully saturated rings. The first-order chi connectivity index (χ1) is 5.66. The van der Waals surface area contributed by atoms with Crippen LogP contribution in [0.2, 0.25) is 0 Å². The van der Waals surface area contributed by atoms with Crippen molar-refractivity contribution in [3.63, 3.8) is 0 Å². The summed E-state index contributed by atoms with van der Waals surface area (Å²) < 4.78 is 4.60. The maximum absolute atomic E-state index is 10.8. The van der Waals surface area contributed by atoms with Gasteiger partial charge in [-0.2, -0.15) is 0 Å². The lowest BCUT2D eigenvalue weighted by Crippen LogP contribution is -2.09. The van der Waals surface area contributed by atoms with Gasteiger partial charge in [0.25, 0.3) is 0 Å². The van der Waals surface area contributed by atoms with Crippen molar-refractivity contribution in [1.82, 2.24) is 0 Å². The van der Waals surface area contributed by atoms with E-state index in [9.17, 15) is 4.79 Å². The van der Waals surface area contributed by atoms with Gasteiger partial charge in [0.1, 0.15) is 6.61 Å². The van der Waals surface area contributed by atoms with Crippen LogP contribution in [0.1, 0.15) is 26.2 Å². The summed E-state index contributed by atoms with van der Waals surface area (Å²) in [5.41, 5.74) is 0. The molecule has 0 rings (SSSR count). The summed E-state index contributed by atoms with van der Waals surface area (Å²) >= 11 is 0. The lowest BCUT2D eigenvalue weighted by Gasteiger charge is -2.03. The molecule has 0 aliphatic carbocycles. The molecule has 12 heavy (non-hydrogen) atoms. The highest BCUT2D eigenvalue weighted by atomic mass is 16.5. The van der Waals surface area contributed by atoms with Crippen LogP contribution in [-0.2, 0) is 9.53 Å². The number of hydrogen-bond donors (Lipinski definition) is 2. The van der Waals surface area contributed by atoms with Crippen LogP contribution in [0.15, 0.2) is 0 Å². The van der Waals surface area contributed by atoms with Crippen LogP contribution in [-0.4, -0.2) is 35.5 Å². The van der Waals surface area contributed by atoms with Gasteiger partial charge in [-0.15, -0.1) is 0 Å². The predicted octanol–water partition coefficient (Wildman–Crippen LogP) is 0.0730. The first kappa shape index (κ1) is 11.4. The fourth-order valence-corrected chi connectivity index (χ4v) is 0.773. The average Bonchev–Trinajstić information content (AvgIpc) is 2.00. The van der Waals surface area contributed by atoms with Gasteiger partial charge in [-0.05, 0) is 19.8 Å². The zero-order valence-corrected chi connectivity index (χ0v) is 7.32. The molecule has 0 radical (unpaired) electrons. The van der Waals surface area contributed by atoms with Crippen molar-refractivity contribution >= 4 is 5.97 Å². The van der Waals surface area contributed by atoms with E-state index in [0.29, 0.717) is 19.3 Å². The summed E-state index contributed by atoms with van der Waals surface area (Å²) in [5.74, 6) is -0.315. The molecule has 0 heterocycles. The van der Waals surface area contributed by atoms with Crippen molar-refractivity contribution in [2.45, 2.75) is 32.3 Å². The third kappa shape index (κ3) is 7.50. The van der Waals surface area contributed by atoms with E-state index < -0.39 is 0 Å². The molecule has 4 nitrogen and oxygen atoms in total. The van der Waals surface area contributed by atoms with E-state index in [1.165, 1.54) is 0 Å². The van der Waals surface area contributed by atoms with Gasteiger partial charge in [-0.25, -0.2) is 0 Å². The Morgan fingerprint density at radius 3 is 2.75 bits per heavy atom. The second kappa shape index (κ2) is 7.06. The Bertz CT molecular complexity index is 122. The van der Waals surface area contributed by atoms with Crippen LogP contribution in [0.4, 0.5) is 0 Å². The molecule has 4 heteroatoms. The highest BCUT2D eigenvalue weighted by Crippen LogP contribution is 2.00. The number of carbonyl (C=O) groups is 1. The lowest BCUT2D eigenvalue weighted by atomic mass is 10.2. The lowest BCUT2D eigenvalue weighted by molar-refractivity contribution is -0.144. The molecule has 0 saturated carbocycles. The SMILES string of the molecule is CC(O)CCCC(=O)OCCO. The molecule has 0 spiro atoms. The Hall–Kier alpha value is -0.610. The average molecular weight is 176 g/mol. The van der Waals surface area contributed by atoms with Crippen LogP contribution in [0.5, 0.6) is 0 Å². The Morgan fingerprint density at radius 2 is 2.25 bits per heavy atom. The molecule has 0 aromatic heterocycles. The smallest absolute Gasteiger partial charge is 0.305 e. The summed E-state index contributed by atoms with van der Waals surface area (Å²) in [7, 11) is 0. The Morgan fingerprint density at radius 1 is 1.58 bits per heavy atom. The Kier molecular flexibility index (Phi) is 6.70. The van der Waals surface area contributed by atoms with E-state index in [1.54, 1.807) is 6.92 Å². The predicted molar refractivity (Wildman–Crippen MR) is 43.6 cm³/mol. The molecule has 72 valence electrons. The number of rotatable bonds is 6. The van der Waals surface area contributed by atoms with Crippen molar-refractivity contribution in [1.29, 1.82) is 0 Å². The van der Waals surface area contributed by atoms with Gasteiger partial charge >= 0.3 is 5.97 Å². The van der Waals surface area contributed by atoms with E-state index in [4.69, 9.17) is 10.2 Å². The summed E-state index contributed by atoms with van der Waals surface area (Å²) in [6, 6.07) is 0. The van der Waals surface area contributed by atoms with Gasteiger partial charge < -0.3 is 14.9 Å². The van der Waals surface area contributed by atoms with Gasteiger partial charge in [-0.1, -0.05) is 0 Å². The van der Waals surface area contributed by atoms with Crippen LogP contribution in [0, 0.1) is 0 Å². The summed E-state index contributed by atoms with van der Waals surface area (Å²) in [4.78, 5) is 10.8. The van der Waals surface area contributed by atoms with Gasteiger partial charge in [0, 0.05) is 6.42 Å². The number of carbonyl (C=O) groups excluding carboxylic acids is 1. The van der Waals surface area contributed by atoms with Crippen molar-refractivity contribution in [2.75, 3.05) is 13.2 Å². The quantitative estimate of drug-likeness (QED) is 0.562. The van der Waals surface area contributed by atoms with Gasteiger partial charge in [0.05, 0.1) is 12.7 Å². The molecule has 0 aromatic rings. The third-order valence-electron chi connectivity index (χ3n) is 1.36. The molecule has 1 unspecified atom stereocenters. The second-order valence-electron chi connectivity index (χ2n) is 2.69. The third-order valence-corrected chi connectivity index (χ3v) is 1.36. The van der Waals surface area contributed by atoms with E-state index in [0.717, 1.165) is 0 Å². The number of ether oxygens (including phenoxy) is 1. The maximum atomic E-state index is 10.8. The van der Waals surface area contributed by atoms with E-state index >= 15 is 0 Å². The van der Waals surface area contributed by atoms with Crippen LogP contribution < -0.4 is 0 Å². The van der Waals surface area contributed by atoms with Crippen molar-refractivity contribution in [2.24, 2.45) is 0 Å². The minimum Gasteiger partial charge on any atom is -0.463 e. The molecular weight excluding hydrogens is 160 g/mol. The minimum atomic E-state index is -0.365. The zero-order valence-electron chi connectivity index (χ0n) is 7.32. The van der Waals surface area contributed by atoms with Crippen molar-refractivity contribution in [3.8, 4) is 0 Å². The molecule has 2 N–H and O–H groups in total. The van der Waals surface area contributed by atoms with E-state index in [-0.39, 0.29) is 25.3 Å². The van der Waals surface area contributed by atoms with E-state index in [1.807, 2.05) is 0 Å². The van der Waals surface area contributed by atoms with E-state index in [2.05, 4.69) is 4.74 Å². The molecule has 0 aromatic carbocycles. The summed E-state index contributed by atoms with van der Waals surface area (Å²) in [6.45, 7) is 1.61. The topological polar surface area (TPSA) is 66.8 Å².